The van der Waals surface area contributed by atoms with Gasteiger partial charge in [-0.05, 0) is 31.5 Å². The molecule has 1 unspecified atom stereocenters. The summed E-state index contributed by atoms with van der Waals surface area (Å²) in [6.45, 7) is 2.17. The Labute approximate surface area is 146 Å². The highest BCUT2D eigenvalue weighted by molar-refractivity contribution is 5.86. The van der Waals surface area contributed by atoms with Crippen molar-refractivity contribution in [2.75, 3.05) is 13.1 Å². The number of nitriles is 2. The van der Waals surface area contributed by atoms with Crippen LogP contribution in [0.5, 0.6) is 0 Å². The maximum absolute atomic E-state index is 12.4. The number of nitrogens with two attached hydrogens (primary N) is 2. The summed E-state index contributed by atoms with van der Waals surface area (Å²) in [5.41, 5.74) is 6.55. The Hall–Kier alpha value is -2.87. The molecule has 2 heterocycles. The van der Waals surface area contributed by atoms with Crippen molar-refractivity contribution in [3.63, 3.8) is 0 Å². The van der Waals surface area contributed by atoms with Crippen molar-refractivity contribution in [1.82, 2.24) is 9.91 Å². The Morgan fingerprint density at radius 2 is 1.84 bits per heavy atom. The fourth-order valence-electron chi connectivity index (χ4n) is 3.85. The average Bonchev–Trinajstić information content (AvgIpc) is 2.64. The molecule has 1 amide bonds. The number of benzene rings is 1. The Morgan fingerprint density at radius 3 is 2.40 bits per heavy atom. The van der Waals surface area contributed by atoms with E-state index >= 15 is 0 Å². The van der Waals surface area contributed by atoms with Crippen molar-refractivity contribution in [3.8, 4) is 12.1 Å². The smallest absolute Gasteiger partial charge is 0.260 e. The minimum absolute atomic E-state index is 0.0319. The first kappa shape index (κ1) is 17.0. The van der Waals surface area contributed by atoms with E-state index in [0.29, 0.717) is 25.9 Å². The van der Waals surface area contributed by atoms with Gasteiger partial charge in [-0.15, -0.1) is 0 Å². The maximum atomic E-state index is 12.4. The summed E-state index contributed by atoms with van der Waals surface area (Å²) in [6.07, 6.45) is 1.06. The Kier molecular flexibility index (Phi) is 4.45. The average molecular weight is 336 g/mol. The Morgan fingerprint density at radius 1 is 1.20 bits per heavy atom. The Balaban J connectivity index is 1.85. The molecule has 2 aliphatic rings. The van der Waals surface area contributed by atoms with Gasteiger partial charge in [-0.3, -0.25) is 9.69 Å². The second kappa shape index (κ2) is 6.56. The van der Waals surface area contributed by atoms with Crippen LogP contribution >= 0.6 is 0 Å². The molecule has 1 aromatic carbocycles. The molecule has 1 aromatic rings. The summed E-state index contributed by atoms with van der Waals surface area (Å²) < 4.78 is 0. The van der Waals surface area contributed by atoms with Crippen molar-refractivity contribution in [1.29, 1.82) is 10.5 Å². The number of hydrogen-bond acceptors (Lipinski definition) is 6. The molecule has 1 atom stereocenters. The van der Waals surface area contributed by atoms with E-state index in [0.717, 1.165) is 11.6 Å². The lowest BCUT2D eigenvalue weighted by Crippen LogP contribution is -2.57. The number of piperidine rings is 1. The molecule has 0 saturated carbocycles. The maximum Gasteiger partial charge on any atom is 0.260 e. The zero-order valence-corrected chi connectivity index (χ0v) is 13.9. The molecule has 4 N–H and O–H groups in total. The van der Waals surface area contributed by atoms with Gasteiger partial charge in [-0.25, -0.2) is 10.9 Å². The highest BCUT2D eigenvalue weighted by atomic mass is 16.2. The highest BCUT2D eigenvalue weighted by Crippen LogP contribution is 2.48. The molecule has 1 spiro atoms. The molecule has 7 nitrogen and oxygen atoms in total. The molecule has 1 saturated heterocycles. The van der Waals surface area contributed by atoms with Crippen LogP contribution in [0.2, 0.25) is 0 Å². The topological polar surface area (TPSA) is 123 Å². The lowest BCUT2D eigenvalue weighted by Gasteiger charge is -2.47. The molecule has 7 heteroatoms. The summed E-state index contributed by atoms with van der Waals surface area (Å²) in [5, 5.41) is 19.9. The molecule has 25 heavy (non-hydrogen) atoms. The lowest BCUT2D eigenvalue weighted by atomic mass is 9.62. The van der Waals surface area contributed by atoms with E-state index in [1.807, 2.05) is 18.2 Å². The van der Waals surface area contributed by atoms with Gasteiger partial charge in [0.2, 0.25) is 0 Å². The van der Waals surface area contributed by atoms with Gasteiger partial charge in [0.15, 0.2) is 0 Å². The third-order valence-electron chi connectivity index (χ3n) is 5.29. The fraction of sp³-hybridized carbons (Fsp3) is 0.389. The van der Waals surface area contributed by atoms with Crippen LogP contribution < -0.4 is 11.6 Å². The predicted octanol–water partition coefficient (Wildman–Crippen LogP) is 0.818. The monoisotopic (exact) mass is 336 g/mol. The van der Waals surface area contributed by atoms with Gasteiger partial charge in [0.05, 0.1) is 17.7 Å². The first-order valence-electron chi connectivity index (χ1n) is 8.18. The fourth-order valence-corrected chi connectivity index (χ4v) is 3.85. The molecular weight excluding hydrogens is 316 g/mol. The van der Waals surface area contributed by atoms with E-state index < -0.39 is 17.2 Å². The third kappa shape index (κ3) is 2.74. The van der Waals surface area contributed by atoms with E-state index in [-0.39, 0.29) is 11.4 Å². The number of nitrogens with zero attached hydrogens (tertiary/aromatic N) is 4. The molecule has 2 aliphatic heterocycles. The second-order valence-corrected chi connectivity index (χ2v) is 6.56. The van der Waals surface area contributed by atoms with E-state index in [4.69, 9.17) is 11.6 Å². The molecule has 0 aromatic heterocycles. The number of rotatable bonds is 2. The van der Waals surface area contributed by atoms with Gasteiger partial charge in [-0.1, -0.05) is 30.3 Å². The number of carbonyl (C=O) groups is 1. The summed E-state index contributed by atoms with van der Waals surface area (Å²) in [4.78, 5) is 14.7. The number of hydrazine groups is 1. The first-order valence-corrected chi connectivity index (χ1v) is 8.18. The van der Waals surface area contributed by atoms with E-state index in [2.05, 4.69) is 29.2 Å². The van der Waals surface area contributed by atoms with Gasteiger partial charge in [0.1, 0.15) is 11.7 Å². The minimum Gasteiger partial charge on any atom is -0.383 e. The van der Waals surface area contributed by atoms with Crippen LogP contribution in [0, 0.1) is 34.0 Å². The minimum atomic E-state index is -0.974. The van der Waals surface area contributed by atoms with Crippen molar-refractivity contribution >= 4 is 5.91 Å². The van der Waals surface area contributed by atoms with Crippen molar-refractivity contribution in [2.45, 2.75) is 19.4 Å². The summed E-state index contributed by atoms with van der Waals surface area (Å²) in [7, 11) is 0. The van der Waals surface area contributed by atoms with Crippen LogP contribution in [0.4, 0.5) is 0 Å². The van der Waals surface area contributed by atoms with Crippen molar-refractivity contribution in [2.24, 2.45) is 22.9 Å². The molecule has 0 bridgehead atoms. The highest BCUT2D eigenvalue weighted by Gasteiger charge is 2.54. The van der Waals surface area contributed by atoms with Crippen LogP contribution in [0.25, 0.3) is 0 Å². The largest absolute Gasteiger partial charge is 0.383 e. The van der Waals surface area contributed by atoms with E-state index in [1.165, 1.54) is 5.56 Å². The zero-order valence-electron chi connectivity index (χ0n) is 13.9. The van der Waals surface area contributed by atoms with E-state index in [9.17, 15) is 15.3 Å². The quantitative estimate of drug-likeness (QED) is 0.609. The second-order valence-electron chi connectivity index (χ2n) is 6.56. The molecule has 128 valence electrons. The zero-order chi connectivity index (χ0) is 18.0. The number of allylic oxidation sites excluding steroid dienone is 1. The molecule has 0 aliphatic carbocycles. The van der Waals surface area contributed by atoms with Gasteiger partial charge in [0, 0.05) is 12.0 Å². The number of amides is 1. The molecule has 3 rings (SSSR count). The van der Waals surface area contributed by atoms with Crippen molar-refractivity contribution < 1.29 is 4.79 Å². The molecule has 0 radical (unpaired) electrons. The van der Waals surface area contributed by atoms with Gasteiger partial charge >= 0.3 is 0 Å². The summed E-state index contributed by atoms with van der Waals surface area (Å²) in [6, 6.07) is 14.3. The summed E-state index contributed by atoms with van der Waals surface area (Å²) in [5.74, 6) is 4.12. The van der Waals surface area contributed by atoms with E-state index in [1.54, 1.807) is 0 Å². The molecular formula is C18H20N6O. The molecule has 1 fully saturated rings. The lowest BCUT2D eigenvalue weighted by molar-refractivity contribution is -0.138. The normalized spacial score (nSPS) is 23.4. The van der Waals surface area contributed by atoms with Crippen LogP contribution in [0.15, 0.2) is 41.7 Å². The van der Waals surface area contributed by atoms with Crippen LogP contribution in [-0.2, 0) is 11.3 Å². The third-order valence-corrected chi connectivity index (χ3v) is 5.29. The van der Waals surface area contributed by atoms with Crippen LogP contribution in [0.3, 0.4) is 0 Å². The van der Waals surface area contributed by atoms with Crippen LogP contribution in [-0.4, -0.2) is 28.9 Å². The Bertz CT molecular complexity index is 780. The van der Waals surface area contributed by atoms with Gasteiger partial charge < -0.3 is 5.73 Å². The SMILES string of the molecule is N#CC1=C(N)N(N)C(=O)C(C#N)C12CCN(Cc1ccccc1)CC2. The van der Waals surface area contributed by atoms with Crippen molar-refractivity contribution in [3.05, 3.63) is 47.3 Å². The number of hydrogen-bond donors (Lipinski definition) is 2. The standard InChI is InChI=1S/C18H20N6O/c19-10-14-16(21)24(22)17(25)15(11-20)18(14)6-8-23(9-7-18)12-13-4-2-1-3-5-13/h1-5,15H,6-9,12,21-22H2. The number of likely N-dealkylation sites (tertiary alicyclic amines) is 1. The summed E-state index contributed by atoms with van der Waals surface area (Å²) >= 11 is 0. The predicted molar refractivity (Wildman–Crippen MR) is 90.3 cm³/mol. The van der Waals surface area contributed by atoms with Gasteiger partial charge in [0.25, 0.3) is 5.91 Å². The number of carbonyl (C=O) groups excluding carboxylic acids is 1. The van der Waals surface area contributed by atoms with Gasteiger partial charge in [-0.2, -0.15) is 10.5 Å². The van der Waals surface area contributed by atoms with Crippen LogP contribution in [0.1, 0.15) is 18.4 Å². The first-order chi connectivity index (χ1) is 12.0.